The molecule has 0 aromatic heterocycles. The minimum absolute atomic E-state index is 0.0613. The van der Waals surface area contributed by atoms with Crippen LogP contribution in [-0.4, -0.2) is 25.0 Å². The highest BCUT2D eigenvalue weighted by atomic mass is 19.4. The zero-order valence-corrected chi connectivity index (χ0v) is 22.8. The largest absolute Gasteiger partial charge is 0.416 e. The van der Waals surface area contributed by atoms with Gasteiger partial charge in [-0.15, -0.1) is 0 Å². The Labute approximate surface area is 221 Å². The lowest BCUT2D eigenvalue weighted by molar-refractivity contribution is -0.138. The third kappa shape index (κ3) is 11.1. The Kier molecular flexibility index (Phi) is 14.9. The summed E-state index contributed by atoms with van der Waals surface area (Å²) in [7, 11) is 1.62. The molecule has 208 valence electrons. The van der Waals surface area contributed by atoms with Crippen LogP contribution >= 0.6 is 0 Å². The fourth-order valence-corrected chi connectivity index (χ4v) is 4.52. The fraction of sp³-hybridized carbons (Fsp3) is 0.552. The molecule has 0 aliphatic heterocycles. The van der Waals surface area contributed by atoms with Gasteiger partial charge in [-0.25, -0.2) is 0 Å². The molecule has 3 unspecified atom stereocenters. The fourth-order valence-electron chi connectivity index (χ4n) is 4.52. The lowest BCUT2D eigenvalue weighted by Crippen LogP contribution is -2.46. The third-order valence-electron chi connectivity index (χ3n) is 6.50. The maximum atomic E-state index is 13.1. The zero-order chi connectivity index (χ0) is 27.8. The Balaban J connectivity index is 0.000000475. The number of nitrogen functional groups attached to an aromatic ring is 1. The minimum Gasteiger partial charge on any atom is -0.399 e. The first-order valence-corrected chi connectivity index (χ1v) is 13.4. The van der Waals surface area contributed by atoms with E-state index in [0.717, 1.165) is 50.3 Å². The topological polar surface area (TPSA) is 102 Å². The number of nitrogens with one attached hydrogen (secondary N) is 1. The van der Waals surface area contributed by atoms with Gasteiger partial charge in [0, 0.05) is 37.8 Å². The second kappa shape index (κ2) is 17.0. The summed E-state index contributed by atoms with van der Waals surface area (Å²) in [5, 5.41) is 3.01. The van der Waals surface area contributed by atoms with Crippen molar-refractivity contribution in [2.75, 3.05) is 12.8 Å². The Morgan fingerprint density at radius 3 is 2.19 bits per heavy atom. The van der Waals surface area contributed by atoms with Gasteiger partial charge in [-0.05, 0) is 48.4 Å². The summed E-state index contributed by atoms with van der Waals surface area (Å²) < 4.78 is 39.2. The van der Waals surface area contributed by atoms with Gasteiger partial charge in [0.15, 0.2) is 0 Å². The molecule has 37 heavy (non-hydrogen) atoms. The van der Waals surface area contributed by atoms with Gasteiger partial charge in [0.05, 0.1) is 11.4 Å². The first-order valence-electron chi connectivity index (χ1n) is 13.4. The molecular weight excluding hydrogens is 475 g/mol. The molecule has 3 rings (SSSR count). The van der Waals surface area contributed by atoms with Crippen LogP contribution in [0.25, 0.3) is 0 Å². The number of halogens is 3. The molecule has 2 aromatic rings. The molecule has 0 radical (unpaired) electrons. The quantitative estimate of drug-likeness (QED) is 0.195. The molecule has 1 aliphatic carbocycles. The van der Waals surface area contributed by atoms with Crippen LogP contribution in [-0.2, 0) is 19.1 Å². The molecule has 7 N–H and O–H groups in total. The number of alkyl halides is 3. The number of nitrogens with zero attached hydrogens (tertiary/aromatic N) is 1. The number of nitrogens with two attached hydrogens (primary N) is 3. The highest BCUT2D eigenvalue weighted by molar-refractivity contribution is 5.82. The molecule has 1 aliphatic rings. The number of para-hydroxylation sites is 1. The molecule has 8 heteroatoms. The van der Waals surface area contributed by atoms with Crippen molar-refractivity contribution in [2.45, 2.75) is 90.5 Å². The number of amidine groups is 1. The van der Waals surface area contributed by atoms with Crippen LogP contribution in [0.1, 0.15) is 76.0 Å². The van der Waals surface area contributed by atoms with Gasteiger partial charge in [-0.2, -0.15) is 13.2 Å². The summed E-state index contributed by atoms with van der Waals surface area (Å²) in [6.45, 7) is 6.22. The lowest BCUT2D eigenvalue weighted by atomic mass is 9.79. The number of hydrogen-bond donors (Lipinski definition) is 4. The van der Waals surface area contributed by atoms with Crippen molar-refractivity contribution in [1.82, 2.24) is 5.32 Å². The number of rotatable bonds is 7. The number of aliphatic imine (C=N–C) groups is 1. The second-order valence-electron chi connectivity index (χ2n) is 9.11. The summed E-state index contributed by atoms with van der Waals surface area (Å²) in [6.07, 6.45) is 2.60. The first-order chi connectivity index (χ1) is 17.7. The SMILES string of the molecule is CC.CCCc1ccccc1N.CN=C(CC(N)C1CCCCC1N)NCc1ccccc1C(F)(F)F. The van der Waals surface area contributed by atoms with Gasteiger partial charge in [-0.1, -0.05) is 76.4 Å². The van der Waals surface area contributed by atoms with Crippen LogP contribution in [0.5, 0.6) is 0 Å². The van der Waals surface area contributed by atoms with E-state index in [2.05, 4.69) is 23.3 Å². The molecule has 0 bridgehead atoms. The number of anilines is 1. The number of benzene rings is 2. The van der Waals surface area contributed by atoms with E-state index in [1.165, 1.54) is 17.7 Å². The second-order valence-corrected chi connectivity index (χ2v) is 9.11. The van der Waals surface area contributed by atoms with Crippen molar-refractivity contribution in [3.05, 3.63) is 65.2 Å². The maximum Gasteiger partial charge on any atom is 0.416 e. The smallest absolute Gasteiger partial charge is 0.399 e. The van der Waals surface area contributed by atoms with Gasteiger partial charge in [0.1, 0.15) is 0 Å². The molecule has 0 saturated heterocycles. The summed E-state index contributed by atoms with van der Waals surface area (Å²) in [5.41, 5.74) is 19.9. The first kappa shape index (κ1) is 32.4. The van der Waals surface area contributed by atoms with E-state index < -0.39 is 11.7 Å². The number of hydrogen-bond acceptors (Lipinski definition) is 4. The van der Waals surface area contributed by atoms with Crippen LogP contribution in [0.2, 0.25) is 0 Å². The molecule has 1 fully saturated rings. The van der Waals surface area contributed by atoms with E-state index >= 15 is 0 Å². The van der Waals surface area contributed by atoms with Crippen molar-refractivity contribution < 1.29 is 13.2 Å². The third-order valence-corrected chi connectivity index (χ3v) is 6.50. The maximum absolute atomic E-state index is 13.1. The molecule has 0 heterocycles. The van der Waals surface area contributed by atoms with Crippen LogP contribution in [0.15, 0.2) is 53.5 Å². The van der Waals surface area contributed by atoms with Crippen molar-refractivity contribution in [1.29, 1.82) is 0 Å². The Hall–Kier alpha value is -2.58. The van der Waals surface area contributed by atoms with Crippen molar-refractivity contribution in [3.63, 3.8) is 0 Å². The molecule has 5 nitrogen and oxygen atoms in total. The van der Waals surface area contributed by atoms with Crippen molar-refractivity contribution >= 4 is 11.5 Å². The Bertz CT molecular complexity index is 930. The predicted molar refractivity (Wildman–Crippen MR) is 150 cm³/mol. The summed E-state index contributed by atoms with van der Waals surface area (Å²) in [5.74, 6) is 0.844. The number of aryl methyl sites for hydroxylation is 1. The average molecular weight is 522 g/mol. The highest BCUT2D eigenvalue weighted by Crippen LogP contribution is 2.32. The van der Waals surface area contributed by atoms with Crippen LogP contribution in [0, 0.1) is 5.92 Å². The Morgan fingerprint density at radius 2 is 1.62 bits per heavy atom. The lowest BCUT2D eigenvalue weighted by Gasteiger charge is -2.33. The summed E-state index contributed by atoms with van der Waals surface area (Å²) >= 11 is 0. The molecule has 3 atom stereocenters. The minimum atomic E-state index is -4.37. The van der Waals surface area contributed by atoms with Gasteiger partial charge in [0.2, 0.25) is 0 Å². The van der Waals surface area contributed by atoms with Gasteiger partial charge in [0.25, 0.3) is 0 Å². The summed E-state index contributed by atoms with van der Waals surface area (Å²) in [6, 6.07) is 13.5. The van der Waals surface area contributed by atoms with E-state index in [9.17, 15) is 13.2 Å². The zero-order valence-electron chi connectivity index (χ0n) is 22.8. The normalized spacial score (nSPS) is 18.6. The standard InChI is InChI=1S/C18H27F3N4.C9H13N.C2H6/c1-24-17(10-16(23)13-7-3-5-9-15(13)22)25-11-12-6-2-4-8-14(12)18(19,20)21;1-2-5-8-6-3-4-7-9(8)10;1-2/h2,4,6,8,13,15-16H,3,5,7,9-11,22-23H2,1H3,(H,24,25);3-4,6-7H,2,5,10H2,1H3;1-2H3. The van der Waals surface area contributed by atoms with Gasteiger partial charge < -0.3 is 22.5 Å². The van der Waals surface area contributed by atoms with E-state index in [4.69, 9.17) is 17.2 Å². The Morgan fingerprint density at radius 1 is 1.03 bits per heavy atom. The van der Waals surface area contributed by atoms with Crippen LogP contribution < -0.4 is 22.5 Å². The molecule has 0 spiro atoms. The predicted octanol–water partition coefficient (Wildman–Crippen LogP) is 6.31. The molecule has 0 amide bonds. The monoisotopic (exact) mass is 521 g/mol. The van der Waals surface area contributed by atoms with Crippen molar-refractivity contribution in [3.8, 4) is 0 Å². The molecule has 2 aromatic carbocycles. The van der Waals surface area contributed by atoms with Crippen LogP contribution in [0.4, 0.5) is 18.9 Å². The van der Waals surface area contributed by atoms with E-state index in [1.54, 1.807) is 13.1 Å². The molecule has 1 saturated carbocycles. The van der Waals surface area contributed by atoms with E-state index in [1.807, 2.05) is 32.0 Å². The van der Waals surface area contributed by atoms with E-state index in [0.29, 0.717) is 12.3 Å². The van der Waals surface area contributed by atoms with Crippen molar-refractivity contribution in [2.24, 2.45) is 22.4 Å². The van der Waals surface area contributed by atoms with E-state index in [-0.39, 0.29) is 30.1 Å². The van der Waals surface area contributed by atoms with Crippen LogP contribution in [0.3, 0.4) is 0 Å². The summed E-state index contributed by atoms with van der Waals surface area (Å²) in [4.78, 5) is 4.16. The van der Waals surface area contributed by atoms with Gasteiger partial charge in [-0.3, -0.25) is 4.99 Å². The molecular formula is C29H46F3N5. The van der Waals surface area contributed by atoms with Gasteiger partial charge >= 0.3 is 6.18 Å². The highest BCUT2D eigenvalue weighted by Gasteiger charge is 2.33. The average Bonchev–Trinajstić information content (AvgIpc) is 2.89.